The highest BCUT2D eigenvalue weighted by molar-refractivity contribution is 7.80. The molecule has 1 aromatic carbocycles. The first-order valence-corrected chi connectivity index (χ1v) is 5.15. The Morgan fingerprint density at radius 2 is 2.12 bits per heavy atom. The minimum atomic E-state index is -0.788. The minimum absolute atomic E-state index is 0.0341. The van der Waals surface area contributed by atoms with E-state index in [-0.39, 0.29) is 17.3 Å². The number of nitrogens with two attached hydrogens (primary N) is 1. The van der Waals surface area contributed by atoms with Crippen molar-refractivity contribution in [2.75, 3.05) is 6.61 Å². The Balaban J connectivity index is 2.90. The van der Waals surface area contributed by atoms with Crippen molar-refractivity contribution in [1.29, 1.82) is 0 Å². The molecule has 0 aromatic heterocycles. The highest BCUT2D eigenvalue weighted by Gasteiger charge is 2.11. The van der Waals surface area contributed by atoms with Crippen LogP contribution in [0.15, 0.2) is 17.2 Å². The van der Waals surface area contributed by atoms with Crippen LogP contribution >= 0.6 is 12.2 Å². The summed E-state index contributed by atoms with van der Waals surface area (Å²) in [5, 5.41) is 3.55. The summed E-state index contributed by atoms with van der Waals surface area (Å²) in [5.41, 5.74) is 7.62. The van der Waals surface area contributed by atoms with Gasteiger partial charge in [0.05, 0.1) is 12.8 Å². The molecular weight excluding hydrogens is 248 g/mol. The van der Waals surface area contributed by atoms with Crippen LogP contribution in [0.25, 0.3) is 0 Å². The molecule has 0 spiro atoms. The second kappa shape index (κ2) is 6.09. The molecule has 0 amide bonds. The first kappa shape index (κ1) is 13.3. The third-order valence-corrected chi connectivity index (χ3v) is 1.79. The summed E-state index contributed by atoms with van der Waals surface area (Å²) in [6, 6.07) is 2.19. The standard InChI is InChI=1S/C10H11F2N3OS/c1-2-16-9-7(11)3-6(4-8(9)12)5-14-15-10(13)17/h3-5H,2H2,1H3,(H3,13,15,17). The van der Waals surface area contributed by atoms with E-state index in [1.807, 2.05) is 0 Å². The second-order valence-electron chi connectivity index (χ2n) is 2.98. The van der Waals surface area contributed by atoms with Crippen molar-refractivity contribution in [3.8, 4) is 5.75 Å². The summed E-state index contributed by atoms with van der Waals surface area (Å²) < 4.78 is 31.6. The molecule has 0 bridgehead atoms. The summed E-state index contributed by atoms with van der Waals surface area (Å²) in [5.74, 6) is -1.97. The van der Waals surface area contributed by atoms with Crippen molar-refractivity contribution in [3.05, 3.63) is 29.3 Å². The molecule has 0 radical (unpaired) electrons. The first-order valence-electron chi connectivity index (χ1n) is 4.75. The number of hydrazone groups is 1. The van der Waals surface area contributed by atoms with E-state index in [0.717, 1.165) is 12.1 Å². The van der Waals surface area contributed by atoms with Gasteiger partial charge in [-0.3, -0.25) is 5.43 Å². The number of ether oxygens (including phenoxy) is 1. The van der Waals surface area contributed by atoms with Crippen molar-refractivity contribution in [2.24, 2.45) is 10.8 Å². The smallest absolute Gasteiger partial charge is 0.190 e. The van der Waals surface area contributed by atoms with Gasteiger partial charge in [-0.2, -0.15) is 5.10 Å². The molecule has 0 aliphatic rings. The lowest BCUT2D eigenvalue weighted by atomic mass is 10.2. The van der Waals surface area contributed by atoms with E-state index in [1.165, 1.54) is 6.21 Å². The Morgan fingerprint density at radius 3 is 2.59 bits per heavy atom. The van der Waals surface area contributed by atoms with E-state index >= 15 is 0 Å². The van der Waals surface area contributed by atoms with Gasteiger partial charge in [-0.1, -0.05) is 0 Å². The molecule has 0 fully saturated rings. The Hall–Kier alpha value is -1.76. The molecule has 0 unspecified atom stereocenters. The maximum atomic E-state index is 13.4. The van der Waals surface area contributed by atoms with Crippen LogP contribution in [0.3, 0.4) is 0 Å². The molecule has 0 aliphatic heterocycles. The second-order valence-corrected chi connectivity index (χ2v) is 3.42. The fraction of sp³-hybridized carbons (Fsp3) is 0.200. The molecule has 1 aromatic rings. The van der Waals surface area contributed by atoms with Crippen LogP contribution in [0.5, 0.6) is 5.75 Å². The van der Waals surface area contributed by atoms with Crippen LogP contribution in [0.2, 0.25) is 0 Å². The molecule has 0 heterocycles. The number of thiocarbonyl (C=S) groups is 1. The lowest BCUT2D eigenvalue weighted by Gasteiger charge is -2.06. The highest BCUT2D eigenvalue weighted by atomic mass is 32.1. The SMILES string of the molecule is CCOc1c(F)cc(C=NNC(N)=S)cc1F. The van der Waals surface area contributed by atoms with E-state index in [9.17, 15) is 8.78 Å². The average Bonchev–Trinajstić information content (AvgIpc) is 2.23. The number of nitrogens with zero attached hydrogens (tertiary/aromatic N) is 1. The van der Waals surface area contributed by atoms with Crippen molar-refractivity contribution in [1.82, 2.24) is 5.43 Å². The largest absolute Gasteiger partial charge is 0.488 e. The van der Waals surface area contributed by atoms with E-state index in [1.54, 1.807) is 6.92 Å². The molecule has 0 aliphatic carbocycles. The van der Waals surface area contributed by atoms with E-state index in [4.69, 9.17) is 10.5 Å². The Kier molecular flexibility index (Phi) is 4.77. The van der Waals surface area contributed by atoms with Gasteiger partial charge in [-0.25, -0.2) is 8.78 Å². The van der Waals surface area contributed by atoms with E-state index < -0.39 is 17.4 Å². The van der Waals surface area contributed by atoms with Gasteiger partial charge in [0, 0.05) is 5.56 Å². The monoisotopic (exact) mass is 259 g/mol. The molecule has 1 rings (SSSR count). The van der Waals surface area contributed by atoms with E-state index in [2.05, 4.69) is 22.7 Å². The molecule has 0 saturated heterocycles. The molecule has 0 saturated carbocycles. The van der Waals surface area contributed by atoms with Crippen molar-refractivity contribution < 1.29 is 13.5 Å². The number of hydrogen-bond donors (Lipinski definition) is 2. The van der Waals surface area contributed by atoms with Crippen LogP contribution in [0.4, 0.5) is 8.78 Å². The topological polar surface area (TPSA) is 59.6 Å². The van der Waals surface area contributed by atoms with Gasteiger partial charge in [-0.15, -0.1) is 0 Å². The molecule has 17 heavy (non-hydrogen) atoms. The number of nitrogens with one attached hydrogen (secondary N) is 1. The number of rotatable bonds is 4. The summed E-state index contributed by atoms with van der Waals surface area (Å²) >= 11 is 4.50. The maximum Gasteiger partial charge on any atom is 0.190 e. The van der Waals surface area contributed by atoms with Gasteiger partial charge in [0.15, 0.2) is 22.5 Å². The lowest BCUT2D eigenvalue weighted by molar-refractivity contribution is 0.302. The number of hydrogen-bond acceptors (Lipinski definition) is 3. The lowest BCUT2D eigenvalue weighted by Crippen LogP contribution is -2.24. The van der Waals surface area contributed by atoms with Crippen LogP contribution < -0.4 is 15.9 Å². The minimum Gasteiger partial charge on any atom is -0.488 e. The molecule has 7 heteroatoms. The predicted octanol–water partition coefficient (Wildman–Crippen LogP) is 1.53. The zero-order valence-corrected chi connectivity index (χ0v) is 9.85. The zero-order chi connectivity index (χ0) is 12.8. The quantitative estimate of drug-likeness (QED) is 0.489. The number of halogens is 2. The summed E-state index contributed by atoms with van der Waals surface area (Å²) in [6.07, 6.45) is 1.20. The third-order valence-electron chi connectivity index (χ3n) is 1.70. The van der Waals surface area contributed by atoms with Crippen molar-refractivity contribution in [2.45, 2.75) is 6.92 Å². The molecule has 4 nitrogen and oxygen atoms in total. The Labute approximate surface area is 102 Å². The van der Waals surface area contributed by atoms with Gasteiger partial charge in [0.25, 0.3) is 0 Å². The van der Waals surface area contributed by atoms with Crippen molar-refractivity contribution >= 4 is 23.5 Å². The normalized spacial score (nSPS) is 10.5. The van der Waals surface area contributed by atoms with Crippen LogP contribution in [0.1, 0.15) is 12.5 Å². The van der Waals surface area contributed by atoms with Gasteiger partial charge >= 0.3 is 0 Å². The zero-order valence-electron chi connectivity index (χ0n) is 9.04. The van der Waals surface area contributed by atoms with E-state index in [0.29, 0.717) is 0 Å². The van der Waals surface area contributed by atoms with Gasteiger partial charge in [0.1, 0.15) is 0 Å². The predicted molar refractivity (Wildman–Crippen MR) is 65.0 cm³/mol. The fourth-order valence-corrected chi connectivity index (χ4v) is 1.16. The van der Waals surface area contributed by atoms with Crippen LogP contribution in [-0.2, 0) is 0 Å². The van der Waals surface area contributed by atoms with Gasteiger partial charge < -0.3 is 10.5 Å². The molecule has 92 valence electrons. The molecule has 3 N–H and O–H groups in total. The Morgan fingerprint density at radius 1 is 1.53 bits per heavy atom. The first-order chi connectivity index (χ1) is 8.04. The fourth-order valence-electron chi connectivity index (χ4n) is 1.11. The summed E-state index contributed by atoms with van der Waals surface area (Å²) in [7, 11) is 0. The Bertz CT molecular complexity index is 428. The molecular formula is C10H11F2N3OS. The van der Waals surface area contributed by atoms with Crippen molar-refractivity contribution in [3.63, 3.8) is 0 Å². The number of benzene rings is 1. The molecule has 0 atom stereocenters. The maximum absolute atomic E-state index is 13.4. The van der Waals surface area contributed by atoms with Gasteiger partial charge in [0.2, 0.25) is 0 Å². The highest BCUT2D eigenvalue weighted by Crippen LogP contribution is 2.22. The third kappa shape index (κ3) is 3.95. The average molecular weight is 259 g/mol. The summed E-state index contributed by atoms with van der Waals surface area (Å²) in [4.78, 5) is 0. The van der Waals surface area contributed by atoms with Crippen LogP contribution in [-0.4, -0.2) is 17.9 Å². The van der Waals surface area contributed by atoms with Crippen LogP contribution in [0, 0.1) is 11.6 Å². The summed E-state index contributed by atoms with van der Waals surface area (Å²) in [6.45, 7) is 1.82. The van der Waals surface area contributed by atoms with Gasteiger partial charge in [-0.05, 0) is 31.3 Å².